The molecule has 1 aliphatic rings. The van der Waals surface area contributed by atoms with Crippen molar-refractivity contribution in [2.45, 2.75) is 20.3 Å². The van der Waals surface area contributed by atoms with Gasteiger partial charge in [0.15, 0.2) is 11.5 Å². The highest BCUT2D eigenvalue weighted by Crippen LogP contribution is 2.35. The zero-order chi connectivity index (χ0) is 13.8. The van der Waals surface area contributed by atoms with E-state index in [1.807, 2.05) is 26.0 Å². The molecule has 0 spiro atoms. The van der Waals surface area contributed by atoms with Gasteiger partial charge >= 0.3 is 0 Å². The van der Waals surface area contributed by atoms with Gasteiger partial charge in [-0.2, -0.15) is 0 Å². The van der Waals surface area contributed by atoms with Crippen molar-refractivity contribution < 1.29 is 14.3 Å². The Morgan fingerprint density at radius 1 is 1.37 bits per heavy atom. The summed E-state index contributed by atoms with van der Waals surface area (Å²) in [5, 5.41) is 2.91. The molecule has 0 saturated heterocycles. The van der Waals surface area contributed by atoms with Gasteiger partial charge in [0.2, 0.25) is 5.91 Å². The van der Waals surface area contributed by atoms with Gasteiger partial charge in [0.05, 0.1) is 0 Å². The summed E-state index contributed by atoms with van der Waals surface area (Å²) >= 11 is 0. The van der Waals surface area contributed by atoms with E-state index in [2.05, 4.69) is 5.32 Å². The monoisotopic (exact) mass is 264 g/mol. The van der Waals surface area contributed by atoms with Crippen molar-refractivity contribution in [1.29, 1.82) is 0 Å². The lowest BCUT2D eigenvalue weighted by molar-refractivity contribution is -0.119. The van der Waals surface area contributed by atoms with Crippen LogP contribution in [0.25, 0.3) is 0 Å². The number of hydrogen-bond acceptors (Lipinski definition) is 4. The van der Waals surface area contributed by atoms with Crippen LogP contribution in [0.1, 0.15) is 18.9 Å². The molecule has 5 heteroatoms. The van der Waals surface area contributed by atoms with E-state index in [4.69, 9.17) is 15.2 Å². The molecule has 1 atom stereocenters. The lowest BCUT2D eigenvalue weighted by atomic mass is 10.1. The van der Waals surface area contributed by atoms with E-state index in [9.17, 15) is 4.79 Å². The molecule has 0 aromatic heterocycles. The minimum Gasteiger partial charge on any atom is -0.486 e. The van der Waals surface area contributed by atoms with Gasteiger partial charge in [-0.3, -0.25) is 4.79 Å². The molecule has 0 saturated carbocycles. The molecule has 0 aliphatic carbocycles. The summed E-state index contributed by atoms with van der Waals surface area (Å²) in [7, 11) is 0. The van der Waals surface area contributed by atoms with Crippen LogP contribution in [0.3, 0.4) is 0 Å². The minimum atomic E-state index is -0.0994. The Labute approximate surface area is 113 Å². The number of rotatable bonds is 4. The molecule has 5 nitrogen and oxygen atoms in total. The zero-order valence-corrected chi connectivity index (χ0v) is 11.4. The molecule has 1 aromatic carbocycles. The van der Waals surface area contributed by atoms with Gasteiger partial charge in [0.1, 0.15) is 13.2 Å². The van der Waals surface area contributed by atoms with Crippen LogP contribution in [-0.4, -0.2) is 25.7 Å². The van der Waals surface area contributed by atoms with E-state index in [0.717, 1.165) is 17.0 Å². The largest absolute Gasteiger partial charge is 0.486 e. The van der Waals surface area contributed by atoms with Gasteiger partial charge in [0, 0.05) is 17.7 Å². The Kier molecular flexibility index (Phi) is 4.27. The number of aryl methyl sites for hydroxylation is 1. The molecular weight excluding hydrogens is 244 g/mol. The first-order chi connectivity index (χ1) is 9.11. The first-order valence-electron chi connectivity index (χ1n) is 6.53. The third-order valence-electron chi connectivity index (χ3n) is 3.19. The molecule has 0 radical (unpaired) electrons. The maximum absolute atomic E-state index is 12.0. The number of amides is 1. The average Bonchev–Trinajstić information content (AvgIpc) is 2.39. The molecule has 2 rings (SSSR count). The quantitative estimate of drug-likeness (QED) is 0.868. The summed E-state index contributed by atoms with van der Waals surface area (Å²) in [4.78, 5) is 12.0. The molecule has 1 amide bonds. The Morgan fingerprint density at radius 2 is 2.00 bits per heavy atom. The summed E-state index contributed by atoms with van der Waals surface area (Å²) in [5.74, 6) is 1.29. The molecule has 1 heterocycles. The zero-order valence-electron chi connectivity index (χ0n) is 11.4. The Balaban J connectivity index is 2.14. The third kappa shape index (κ3) is 3.17. The highest BCUT2D eigenvalue weighted by molar-refractivity contribution is 5.93. The molecule has 1 unspecified atom stereocenters. The molecular formula is C14H20N2O3. The van der Waals surface area contributed by atoms with Crippen LogP contribution in [0, 0.1) is 12.8 Å². The first kappa shape index (κ1) is 13.7. The number of nitrogens with one attached hydrogen (secondary N) is 1. The van der Waals surface area contributed by atoms with Crippen molar-refractivity contribution in [3.8, 4) is 11.5 Å². The van der Waals surface area contributed by atoms with Crippen LogP contribution >= 0.6 is 0 Å². The van der Waals surface area contributed by atoms with Crippen molar-refractivity contribution in [2.75, 3.05) is 25.1 Å². The van der Waals surface area contributed by atoms with E-state index >= 15 is 0 Å². The van der Waals surface area contributed by atoms with Gasteiger partial charge in [-0.05, 0) is 31.5 Å². The Morgan fingerprint density at radius 3 is 2.63 bits per heavy atom. The summed E-state index contributed by atoms with van der Waals surface area (Å²) in [6.45, 7) is 5.41. The van der Waals surface area contributed by atoms with Crippen LogP contribution in [0.5, 0.6) is 11.5 Å². The van der Waals surface area contributed by atoms with Crippen molar-refractivity contribution in [2.24, 2.45) is 11.7 Å². The van der Waals surface area contributed by atoms with E-state index in [0.29, 0.717) is 31.9 Å². The number of ether oxygens (including phenoxy) is 2. The lowest BCUT2D eigenvalue weighted by Crippen LogP contribution is -2.23. The smallest absolute Gasteiger partial charge is 0.227 e. The van der Waals surface area contributed by atoms with Crippen LogP contribution in [0.15, 0.2) is 12.1 Å². The molecule has 0 bridgehead atoms. The molecule has 19 heavy (non-hydrogen) atoms. The molecule has 1 aliphatic heterocycles. The minimum absolute atomic E-state index is 0.0229. The second kappa shape index (κ2) is 5.93. The Bertz CT molecular complexity index is 474. The van der Waals surface area contributed by atoms with Crippen LogP contribution in [0.2, 0.25) is 0 Å². The maximum atomic E-state index is 12.0. The van der Waals surface area contributed by atoms with Crippen LogP contribution < -0.4 is 20.5 Å². The lowest BCUT2D eigenvalue weighted by Gasteiger charge is -2.21. The van der Waals surface area contributed by atoms with E-state index in [-0.39, 0.29) is 11.8 Å². The van der Waals surface area contributed by atoms with Gasteiger partial charge in [-0.25, -0.2) is 0 Å². The highest BCUT2D eigenvalue weighted by Gasteiger charge is 2.17. The highest BCUT2D eigenvalue weighted by atomic mass is 16.6. The fourth-order valence-corrected chi connectivity index (χ4v) is 1.96. The van der Waals surface area contributed by atoms with Gasteiger partial charge in [-0.15, -0.1) is 0 Å². The molecule has 0 fully saturated rings. The molecule has 1 aromatic rings. The number of carbonyl (C=O) groups is 1. The fraction of sp³-hybridized carbons (Fsp3) is 0.500. The fourth-order valence-electron chi connectivity index (χ4n) is 1.96. The summed E-state index contributed by atoms with van der Waals surface area (Å²) < 4.78 is 11.0. The second-order valence-corrected chi connectivity index (χ2v) is 4.78. The second-order valence-electron chi connectivity index (χ2n) is 4.78. The van der Waals surface area contributed by atoms with Crippen molar-refractivity contribution >= 4 is 11.6 Å². The van der Waals surface area contributed by atoms with Crippen LogP contribution in [0.4, 0.5) is 5.69 Å². The normalized spacial score (nSPS) is 14.9. The van der Waals surface area contributed by atoms with E-state index in [1.165, 1.54) is 0 Å². The van der Waals surface area contributed by atoms with Crippen molar-refractivity contribution in [3.05, 3.63) is 17.7 Å². The number of benzene rings is 1. The summed E-state index contributed by atoms with van der Waals surface area (Å²) in [5.41, 5.74) is 7.18. The van der Waals surface area contributed by atoms with Crippen LogP contribution in [-0.2, 0) is 4.79 Å². The first-order valence-corrected chi connectivity index (χ1v) is 6.53. The van der Waals surface area contributed by atoms with Crippen molar-refractivity contribution in [3.63, 3.8) is 0 Å². The third-order valence-corrected chi connectivity index (χ3v) is 3.19. The number of hydrogen-bond donors (Lipinski definition) is 2. The number of nitrogens with two attached hydrogens (primary N) is 1. The standard InChI is InChI=1S/C14H20N2O3/c1-9(3-4-15)14(17)16-11-8-13-12(7-10(11)2)18-5-6-19-13/h7-9H,3-6,15H2,1-2H3,(H,16,17). The van der Waals surface area contributed by atoms with E-state index in [1.54, 1.807) is 0 Å². The van der Waals surface area contributed by atoms with Gasteiger partial charge in [-0.1, -0.05) is 6.92 Å². The van der Waals surface area contributed by atoms with E-state index < -0.39 is 0 Å². The molecule has 3 N–H and O–H groups in total. The maximum Gasteiger partial charge on any atom is 0.227 e. The van der Waals surface area contributed by atoms with Crippen molar-refractivity contribution in [1.82, 2.24) is 0 Å². The topological polar surface area (TPSA) is 73.6 Å². The molecule has 104 valence electrons. The number of anilines is 1. The van der Waals surface area contributed by atoms with Gasteiger partial charge < -0.3 is 20.5 Å². The summed E-state index contributed by atoms with van der Waals surface area (Å²) in [6, 6.07) is 3.70. The Hall–Kier alpha value is -1.75. The summed E-state index contributed by atoms with van der Waals surface area (Å²) in [6.07, 6.45) is 0.676. The predicted molar refractivity (Wildman–Crippen MR) is 73.6 cm³/mol. The average molecular weight is 264 g/mol. The SMILES string of the molecule is Cc1cc2c(cc1NC(=O)C(C)CCN)OCCO2. The predicted octanol–water partition coefficient (Wildman–Crippen LogP) is 1.69. The number of carbonyl (C=O) groups excluding carboxylic acids is 1. The number of fused-ring (bicyclic) bond motifs is 1. The van der Waals surface area contributed by atoms with Gasteiger partial charge in [0.25, 0.3) is 0 Å².